The van der Waals surface area contributed by atoms with Crippen molar-refractivity contribution in [3.05, 3.63) is 41.6 Å². The zero-order chi connectivity index (χ0) is 13.8. The van der Waals surface area contributed by atoms with E-state index in [-0.39, 0.29) is 5.76 Å². The summed E-state index contributed by atoms with van der Waals surface area (Å²) < 4.78 is 5.34. The van der Waals surface area contributed by atoms with Crippen molar-refractivity contribution in [2.45, 2.75) is 17.6 Å². The third-order valence-corrected chi connectivity index (χ3v) is 3.71. The molecule has 0 atom stereocenters. The minimum absolute atomic E-state index is 0.207. The van der Waals surface area contributed by atoms with Gasteiger partial charge in [0.25, 0.3) is 0 Å². The molecule has 2 aromatic heterocycles. The summed E-state index contributed by atoms with van der Waals surface area (Å²) in [4.78, 5) is 16.2. The van der Waals surface area contributed by atoms with Gasteiger partial charge in [-0.25, -0.2) is 5.84 Å². The lowest BCUT2D eigenvalue weighted by molar-refractivity contribution is 0.0924. The highest BCUT2D eigenvalue weighted by atomic mass is 32.2. The van der Waals surface area contributed by atoms with E-state index in [1.54, 1.807) is 37.1 Å². The lowest BCUT2D eigenvalue weighted by Gasteiger charge is -2.03. The molecule has 0 fully saturated rings. The standard InChI is InChI=1S/C12H14N4O2S/c1-7-8(4-10(18-7)12(17)16-14)6-19-11-2-3-15-5-9(11)13/h2-5H,6,13-14H2,1H3,(H,16,17). The molecule has 2 rings (SSSR count). The Hall–Kier alpha value is -1.99. The third kappa shape index (κ3) is 3.07. The van der Waals surface area contributed by atoms with Gasteiger partial charge in [-0.05, 0) is 19.1 Å². The van der Waals surface area contributed by atoms with Crippen LogP contribution in [0.5, 0.6) is 0 Å². The maximum atomic E-state index is 11.3. The van der Waals surface area contributed by atoms with Crippen LogP contribution in [0.15, 0.2) is 33.8 Å². The maximum absolute atomic E-state index is 11.3. The van der Waals surface area contributed by atoms with E-state index in [2.05, 4.69) is 4.98 Å². The van der Waals surface area contributed by atoms with Crippen LogP contribution in [0.1, 0.15) is 21.9 Å². The largest absolute Gasteiger partial charge is 0.456 e. The van der Waals surface area contributed by atoms with Crippen LogP contribution in [0.2, 0.25) is 0 Å². The molecule has 7 heteroatoms. The Morgan fingerprint density at radius 1 is 1.58 bits per heavy atom. The van der Waals surface area contributed by atoms with E-state index in [4.69, 9.17) is 16.0 Å². The van der Waals surface area contributed by atoms with Crippen LogP contribution in [0.25, 0.3) is 0 Å². The van der Waals surface area contributed by atoms with Crippen LogP contribution in [0.3, 0.4) is 0 Å². The average Bonchev–Trinajstić information content (AvgIpc) is 2.78. The molecular weight excluding hydrogens is 264 g/mol. The van der Waals surface area contributed by atoms with Gasteiger partial charge in [0.1, 0.15) is 5.76 Å². The molecule has 0 aliphatic heterocycles. The molecule has 0 radical (unpaired) electrons. The Morgan fingerprint density at radius 2 is 2.37 bits per heavy atom. The monoisotopic (exact) mass is 278 g/mol. The Balaban J connectivity index is 2.10. The van der Waals surface area contributed by atoms with Gasteiger partial charge >= 0.3 is 5.91 Å². The van der Waals surface area contributed by atoms with E-state index in [1.807, 2.05) is 11.5 Å². The van der Waals surface area contributed by atoms with Gasteiger partial charge in [0.05, 0.1) is 11.9 Å². The van der Waals surface area contributed by atoms with Crippen molar-refractivity contribution in [2.75, 3.05) is 5.73 Å². The zero-order valence-electron chi connectivity index (χ0n) is 10.3. The van der Waals surface area contributed by atoms with Gasteiger partial charge in [-0.15, -0.1) is 11.8 Å². The first kappa shape index (κ1) is 13.4. The first-order valence-electron chi connectivity index (χ1n) is 5.54. The SMILES string of the molecule is Cc1oc(C(=O)NN)cc1CSc1ccncc1N. The normalized spacial score (nSPS) is 10.4. The van der Waals surface area contributed by atoms with Crippen molar-refractivity contribution in [3.8, 4) is 0 Å². The number of rotatable bonds is 4. The number of nitrogens with two attached hydrogens (primary N) is 2. The zero-order valence-corrected chi connectivity index (χ0v) is 11.2. The molecule has 0 spiro atoms. The molecule has 2 heterocycles. The number of thioether (sulfide) groups is 1. The molecule has 0 saturated carbocycles. The van der Waals surface area contributed by atoms with Gasteiger partial charge < -0.3 is 10.2 Å². The van der Waals surface area contributed by atoms with Crippen LogP contribution in [-0.2, 0) is 5.75 Å². The van der Waals surface area contributed by atoms with Gasteiger partial charge in [0.15, 0.2) is 5.76 Å². The van der Waals surface area contributed by atoms with Crippen LogP contribution < -0.4 is 17.0 Å². The number of carbonyl (C=O) groups excluding carboxylic acids is 1. The number of hydrogen-bond acceptors (Lipinski definition) is 6. The number of amides is 1. The van der Waals surface area contributed by atoms with E-state index in [0.29, 0.717) is 17.2 Å². The summed E-state index contributed by atoms with van der Waals surface area (Å²) in [6.07, 6.45) is 3.30. The Bertz CT molecular complexity index is 597. The highest BCUT2D eigenvalue weighted by molar-refractivity contribution is 7.98. The predicted octanol–water partition coefficient (Wildman–Crippen LogP) is 1.46. The second kappa shape index (κ2) is 5.77. The van der Waals surface area contributed by atoms with Gasteiger partial charge in [0.2, 0.25) is 0 Å². The molecule has 1 amide bonds. The highest BCUT2D eigenvalue weighted by Crippen LogP contribution is 2.29. The van der Waals surface area contributed by atoms with Crippen molar-refractivity contribution in [1.82, 2.24) is 10.4 Å². The van der Waals surface area contributed by atoms with Crippen molar-refractivity contribution < 1.29 is 9.21 Å². The molecule has 100 valence electrons. The van der Waals surface area contributed by atoms with Gasteiger partial charge in [-0.2, -0.15) is 0 Å². The fourth-order valence-electron chi connectivity index (χ4n) is 1.53. The number of nitrogens with one attached hydrogen (secondary N) is 1. The van der Waals surface area contributed by atoms with Gasteiger partial charge in [-0.3, -0.25) is 15.2 Å². The Kier molecular flexibility index (Phi) is 4.08. The van der Waals surface area contributed by atoms with Gasteiger partial charge in [-0.1, -0.05) is 0 Å². The van der Waals surface area contributed by atoms with Crippen molar-refractivity contribution in [2.24, 2.45) is 5.84 Å². The number of hydrogen-bond donors (Lipinski definition) is 3. The van der Waals surface area contributed by atoms with E-state index in [9.17, 15) is 4.79 Å². The smallest absolute Gasteiger partial charge is 0.300 e. The average molecular weight is 278 g/mol. The molecule has 0 bridgehead atoms. The van der Waals surface area contributed by atoms with Crippen LogP contribution in [0, 0.1) is 6.92 Å². The molecule has 6 nitrogen and oxygen atoms in total. The number of aromatic nitrogens is 1. The number of furan rings is 1. The van der Waals surface area contributed by atoms with Crippen molar-refractivity contribution in [1.29, 1.82) is 0 Å². The topological polar surface area (TPSA) is 107 Å². The van der Waals surface area contributed by atoms with E-state index < -0.39 is 5.91 Å². The number of hydrazine groups is 1. The first-order valence-corrected chi connectivity index (χ1v) is 6.53. The van der Waals surface area contributed by atoms with E-state index in [1.165, 1.54) is 0 Å². The second-order valence-electron chi connectivity index (χ2n) is 3.87. The minimum atomic E-state index is -0.442. The lowest BCUT2D eigenvalue weighted by Crippen LogP contribution is -2.29. The first-order chi connectivity index (χ1) is 9.11. The fraction of sp³-hybridized carbons (Fsp3) is 0.167. The molecular formula is C12H14N4O2S. The summed E-state index contributed by atoms with van der Waals surface area (Å²) >= 11 is 1.56. The Labute approximate surface area is 114 Å². The van der Waals surface area contributed by atoms with Crippen LogP contribution in [-0.4, -0.2) is 10.9 Å². The van der Waals surface area contributed by atoms with Crippen molar-refractivity contribution >= 4 is 23.4 Å². The molecule has 2 aromatic rings. The van der Waals surface area contributed by atoms with E-state index in [0.717, 1.165) is 10.5 Å². The molecule has 0 aromatic carbocycles. The van der Waals surface area contributed by atoms with Crippen molar-refractivity contribution in [3.63, 3.8) is 0 Å². The summed E-state index contributed by atoms with van der Waals surface area (Å²) in [6, 6.07) is 3.53. The second-order valence-corrected chi connectivity index (χ2v) is 4.88. The molecule has 0 unspecified atom stereocenters. The van der Waals surface area contributed by atoms with Gasteiger partial charge in [0, 0.05) is 22.4 Å². The highest BCUT2D eigenvalue weighted by Gasteiger charge is 2.13. The summed E-state index contributed by atoms with van der Waals surface area (Å²) in [5, 5.41) is 0. The minimum Gasteiger partial charge on any atom is -0.456 e. The number of carbonyl (C=O) groups is 1. The molecule has 0 aliphatic rings. The summed E-state index contributed by atoms with van der Waals surface area (Å²) in [5.41, 5.74) is 9.41. The third-order valence-electron chi connectivity index (χ3n) is 2.57. The summed E-state index contributed by atoms with van der Waals surface area (Å²) in [5.74, 6) is 6.17. The summed E-state index contributed by atoms with van der Waals surface area (Å²) in [7, 11) is 0. The van der Waals surface area contributed by atoms with Crippen LogP contribution >= 0.6 is 11.8 Å². The quantitative estimate of drug-likeness (QED) is 0.338. The molecule has 5 N–H and O–H groups in total. The molecule has 19 heavy (non-hydrogen) atoms. The van der Waals surface area contributed by atoms with Crippen LogP contribution in [0.4, 0.5) is 5.69 Å². The number of nitrogens with zero attached hydrogens (tertiary/aromatic N) is 1. The molecule has 0 saturated heterocycles. The number of nitrogen functional groups attached to an aromatic ring is 2. The number of pyridine rings is 1. The molecule has 0 aliphatic carbocycles. The fourth-order valence-corrected chi connectivity index (χ4v) is 2.50. The maximum Gasteiger partial charge on any atom is 0.300 e. The Morgan fingerprint density at radius 3 is 3.05 bits per heavy atom. The number of aryl methyl sites for hydroxylation is 1. The lowest BCUT2D eigenvalue weighted by atomic mass is 10.3. The number of anilines is 1. The summed E-state index contributed by atoms with van der Waals surface area (Å²) in [6.45, 7) is 1.80. The predicted molar refractivity (Wildman–Crippen MR) is 73.3 cm³/mol. The van der Waals surface area contributed by atoms with E-state index >= 15 is 0 Å².